The molecule has 5 nitrogen and oxygen atoms in total. The molecule has 1 amide bonds. The van der Waals surface area contributed by atoms with Gasteiger partial charge >= 0.3 is 0 Å². The van der Waals surface area contributed by atoms with E-state index in [2.05, 4.69) is 5.32 Å². The Kier molecular flexibility index (Phi) is 4.19. The minimum Gasteiger partial charge on any atom is -0.349 e. The Morgan fingerprint density at radius 3 is 2.47 bits per heavy atom. The Hall–Kier alpha value is -0.620. The molecule has 17 heavy (non-hydrogen) atoms. The van der Waals surface area contributed by atoms with E-state index in [9.17, 15) is 13.2 Å². The summed E-state index contributed by atoms with van der Waals surface area (Å²) in [7, 11) is -1.10. The van der Waals surface area contributed by atoms with E-state index >= 15 is 0 Å². The van der Waals surface area contributed by atoms with Crippen molar-refractivity contribution in [1.82, 2.24) is 10.2 Å². The van der Waals surface area contributed by atoms with Crippen LogP contribution in [0, 0.1) is 0 Å². The minimum atomic E-state index is -2.97. The first-order chi connectivity index (χ1) is 7.64. The van der Waals surface area contributed by atoms with Crippen molar-refractivity contribution in [3.8, 4) is 0 Å². The van der Waals surface area contributed by atoms with E-state index in [1.54, 1.807) is 6.92 Å². The largest absolute Gasteiger partial charge is 0.349 e. The van der Waals surface area contributed by atoms with E-state index in [1.807, 2.05) is 25.8 Å². The van der Waals surface area contributed by atoms with E-state index in [1.165, 1.54) is 0 Å². The maximum absolute atomic E-state index is 11.8. The predicted molar refractivity (Wildman–Crippen MR) is 67.6 cm³/mol. The molecule has 1 rings (SSSR count). The van der Waals surface area contributed by atoms with Gasteiger partial charge in [-0.2, -0.15) is 0 Å². The molecule has 0 bridgehead atoms. The van der Waals surface area contributed by atoms with Gasteiger partial charge in [-0.15, -0.1) is 0 Å². The van der Waals surface area contributed by atoms with Crippen LogP contribution in [0.5, 0.6) is 0 Å². The summed E-state index contributed by atoms with van der Waals surface area (Å²) in [6.07, 6.45) is 0.506. The molecule has 0 saturated carbocycles. The number of hydrogen-bond acceptors (Lipinski definition) is 4. The molecule has 0 aromatic carbocycles. The molecule has 1 atom stereocenters. The highest BCUT2D eigenvalue weighted by Gasteiger charge is 2.39. The fourth-order valence-corrected chi connectivity index (χ4v) is 3.99. The number of nitrogens with one attached hydrogen (secondary N) is 1. The first-order valence-electron chi connectivity index (χ1n) is 5.85. The summed E-state index contributed by atoms with van der Waals surface area (Å²) in [5, 5.41) is 2.84. The summed E-state index contributed by atoms with van der Waals surface area (Å²) in [6.45, 7) is 6.11. The van der Waals surface area contributed by atoms with Crippen LogP contribution in [0.2, 0.25) is 0 Å². The number of likely N-dealkylation sites (N-methyl/N-ethyl adjacent to an activating group) is 1. The molecule has 1 fully saturated rings. The molecule has 1 aliphatic heterocycles. The van der Waals surface area contributed by atoms with Crippen molar-refractivity contribution in [1.29, 1.82) is 0 Å². The van der Waals surface area contributed by atoms with E-state index in [0.29, 0.717) is 19.0 Å². The van der Waals surface area contributed by atoms with E-state index in [0.717, 1.165) is 0 Å². The Bertz CT molecular complexity index is 392. The molecule has 1 saturated heterocycles. The van der Waals surface area contributed by atoms with Crippen LogP contribution in [0.1, 0.15) is 27.2 Å². The lowest BCUT2D eigenvalue weighted by atomic mass is 10.0. The lowest BCUT2D eigenvalue weighted by molar-refractivity contribution is -0.123. The van der Waals surface area contributed by atoms with Crippen molar-refractivity contribution in [3.63, 3.8) is 0 Å². The summed E-state index contributed by atoms with van der Waals surface area (Å²) in [6, 6.07) is 0.292. The van der Waals surface area contributed by atoms with Crippen LogP contribution in [-0.2, 0) is 14.6 Å². The molecule has 1 heterocycles. The van der Waals surface area contributed by atoms with Gasteiger partial charge < -0.3 is 5.32 Å². The fraction of sp³-hybridized carbons (Fsp3) is 0.909. The summed E-state index contributed by atoms with van der Waals surface area (Å²) in [5.74, 6) is 0.113. The van der Waals surface area contributed by atoms with Gasteiger partial charge in [-0.1, -0.05) is 0 Å². The molecular weight excluding hydrogens is 240 g/mol. The number of rotatable bonds is 4. The maximum Gasteiger partial charge on any atom is 0.234 e. The molecule has 0 aromatic heterocycles. The van der Waals surface area contributed by atoms with Crippen LogP contribution in [0.25, 0.3) is 0 Å². The second-order valence-corrected chi connectivity index (χ2v) is 7.64. The van der Waals surface area contributed by atoms with Gasteiger partial charge in [-0.05, 0) is 34.2 Å². The quantitative estimate of drug-likeness (QED) is 0.775. The van der Waals surface area contributed by atoms with Crippen LogP contribution in [0.15, 0.2) is 0 Å². The number of carbonyl (C=O) groups excluding carboxylic acids is 1. The second-order valence-electron chi connectivity index (χ2n) is 5.46. The number of sulfone groups is 1. The van der Waals surface area contributed by atoms with E-state index in [4.69, 9.17) is 0 Å². The molecule has 1 N–H and O–H groups in total. The van der Waals surface area contributed by atoms with Crippen molar-refractivity contribution in [3.05, 3.63) is 0 Å². The third-order valence-electron chi connectivity index (χ3n) is 3.22. The van der Waals surface area contributed by atoms with Crippen LogP contribution < -0.4 is 5.32 Å². The first kappa shape index (κ1) is 14.4. The number of carbonyl (C=O) groups is 1. The zero-order chi connectivity index (χ0) is 13.3. The zero-order valence-electron chi connectivity index (χ0n) is 11.0. The lowest BCUT2D eigenvalue weighted by Crippen LogP contribution is -2.50. The standard InChI is InChI=1S/C11H22N2O3S/c1-9(2)13(4)7-10(14)12-11(3)5-6-17(15,16)8-11/h9H,5-8H2,1-4H3,(H,12,14). The highest BCUT2D eigenvalue weighted by molar-refractivity contribution is 7.91. The summed E-state index contributed by atoms with van der Waals surface area (Å²) in [5.41, 5.74) is -0.590. The van der Waals surface area contributed by atoms with Crippen molar-refractivity contribution >= 4 is 15.7 Å². The van der Waals surface area contributed by atoms with E-state index < -0.39 is 15.4 Å². The van der Waals surface area contributed by atoms with E-state index in [-0.39, 0.29) is 17.4 Å². The first-order valence-corrected chi connectivity index (χ1v) is 7.67. The summed E-state index contributed by atoms with van der Waals surface area (Å²) in [4.78, 5) is 13.7. The van der Waals surface area contributed by atoms with Gasteiger partial charge in [0.25, 0.3) is 0 Å². The van der Waals surface area contributed by atoms with Gasteiger partial charge in [0.2, 0.25) is 5.91 Å². The number of amides is 1. The molecule has 1 aliphatic rings. The third kappa shape index (κ3) is 4.27. The molecule has 100 valence electrons. The topological polar surface area (TPSA) is 66.5 Å². The third-order valence-corrected chi connectivity index (χ3v) is 5.12. The van der Waals surface area contributed by atoms with Gasteiger partial charge in [0, 0.05) is 6.04 Å². The molecule has 6 heteroatoms. The van der Waals surface area contributed by atoms with Crippen molar-refractivity contribution in [2.75, 3.05) is 25.1 Å². The van der Waals surface area contributed by atoms with Gasteiger partial charge in [0.05, 0.1) is 23.6 Å². The minimum absolute atomic E-state index is 0.0527. The monoisotopic (exact) mass is 262 g/mol. The van der Waals surface area contributed by atoms with Crippen LogP contribution >= 0.6 is 0 Å². The normalized spacial score (nSPS) is 27.6. The highest BCUT2D eigenvalue weighted by Crippen LogP contribution is 2.22. The Labute approximate surface area is 103 Å². The SMILES string of the molecule is CC(C)N(C)CC(=O)NC1(C)CCS(=O)(=O)C1. The smallest absolute Gasteiger partial charge is 0.234 e. The van der Waals surface area contributed by atoms with Crippen molar-refractivity contribution in [2.45, 2.75) is 38.8 Å². The molecule has 0 radical (unpaired) electrons. The average molecular weight is 262 g/mol. The number of hydrogen-bond donors (Lipinski definition) is 1. The van der Waals surface area contributed by atoms with Gasteiger partial charge in [0.1, 0.15) is 0 Å². The van der Waals surface area contributed by atoms with Crippen molar-refractivity contribution in [2.24, 2.45) is 0 Å². The van der Waals surface area contributed by atoms with Crippen LogP contribution in [0.3, 0.4) is 0 Å². The van der Waals surface area contributed by atoms with Gasteiger partial charge in [0.15, 0.2) is 9.84 Å². The molecular formula is C11H22N2O3S. The fourth-order valence-electron chi connectivity index (χ4n) is 1.89. The number of nitrogens with zero attached hydrogens (tertiary/aromatic N) is 1. The Morgan fingerprint density at radius 2 is 2.06 bits per heavy atom. The molecule has 0 spiro atoms. The lowest BCUT2D eigenvalue weighted by Gasteiger charge is -2.27. The molecule has 0 aliphatic carbocycles. The zero-order valence-corrected chi connectivity index (χ0v) is 11.8. The van der Waals surface area contributed by atoms with Crippen LogP contribution in [-0.4, -0.2) is 55.9 Å². The summed E-state index contributed by atoms with van der Waals surface area (Å²) < 4.78 is 22.8. The maximum atomic E-state index is 11.8. The van der Waals surface area contributed by atoms with Gasteiger partial charge in [-0.25, -0.2) is 8.42 Å². The Balaban J connectivity index is 2.52. The molecule has 0 aromatic rings. The Morgan fingerprint density at radius 1 is 1.47 bits per heavy atom. The van der Waals surface area contributed by atoms with Crippen LogP contribution in [0.4, 0.5) is 0 Å². The average Bonchev–Trinajstić information content (AvgIpc) is 2.39. The van der Waals surface area contributed by atoms with Gasteiger partial charge in [-0.3, -0.25) is 9.69 Å². The second kappa shape index (κ2) is 4.94. The predicted octanol–water partition coefficient (Wildman–Crippen LogP) is 0.0200. The summed E-state index contributed by atoms with van der Waals surface area (Å²) >= 11 is 0. The van der Waals surface area contributed by atoms with Crippen molar-refractivity contribution < 1.29 is 13.2 Å². The highest BCUT2D eigenvalue weighted by atomic mass is 32.2. The molecule has 1 unspecified atom stereocenters.